The fourth-order valence-corrected chi connectivity index (χ4v) is 4.69. The molecular formula is C21H23NO6S. The number of hydrogen-bond acceptors (Lipinski definition) is 7. The molecule has 0 saturated heterocycles. The minimum atomic E-state index is -0.444. The van der Waals surface area contributed by atoms with E-state index in [4.69, 9.17) is 9.47 Å². The highest BCUT2D eigenvalue weighted by Gasteiger charge is 2.28. The smallest absolute Gasteiger partial charge is 0.341 e. The van der Waals surface area contributed by atoms with Gasteiger partial charge in [0.05, 0.1) is 25.3 Å². The van der Waals surface area contributed by atoms with Gasteiger partial charge in [0.15, 0.2) is 6.61 Å². The molecule has 1 aromatic carbocycles. The van der Waals surface area contributed by atoms with E-state index in [9.17, 15) is 14.4 Å². The zero-order valence-electron chi connectivity index (χ0n) is 16.6. The molecule has 1 N–H and O–H groups in total. The van der Waals surface area contributed by atoms with Crippen LogP contribution in [0.5, 0.6) is 5.75 Å². The number of nitrogens with one attached hydrogen (secondary N) is 1. The van der Waals surface area contributed by atoms with Gasteiger partial charge in [-0.3, -0.25) is 4.79 Å². The third-order valence-electron chi connectivity index (χ3n) is 4.80. The highest BCUT2D eigenvalue weighted by atomic mass is 32.1. The van der Waals surface area contributed by atoms with Gasteiger partial charge in [0, 0.05) is 4.88 Å². The van der Waals surface area contributed by atoms with Crippen molar-refractivity contribution in [2.75, 3.05) is 26.1 Å². The van der Waals surface area contributed by atoms with E-state index in [0.717, 1.165) is 29.7 Å². The van der Waals surface area contributed by atoms with Gasteiger partial charge < -0.3 is 19.5 Å². The molecule has 0 fully saturated rings. The van der Waals surface area contributed by atoms with Crippen LogP contribution in [0.4, 0.5) is 5.00 Å². The Morgan fingerprint density at radius 1 is 1.10 bits per heavy atom. The van der Waals surface area contributed by atoms with Crippen LogP contribution in [0.25, 0.3) is 0 Å². The topological polar surface area (TPSA) is 90.9 Å². The molecule has 3 rings (SSSR count). The number of ether oxygens (including phenoxy) is 3. The highest BCUT2D eigenvalue weighted by molar-refractivity contribution is 7.17. The summed E-state index contributed by atoms with van der Waals surface area (Å²) < 4.78 is 15.0. The van der Waals surface area contributed by atoms with Crippen LogP contribution in [-0.2, 0) is 27.1 Å². The second-order valence-corrected chi connectivity index (χ2v) is 8.01. The molecule has 1 aliphatic rings. The van der Waals surface area contributed by atoms with Gasteiger partial charge >= 0.3 is 11.9 Å². The maximum absolute atomic E-state index is 12.4. The number of esters is 2. The average molecular weight is 417 g/mol. The quantitative estimate of drug-likeness (QED) is 0.724. The lowest BCUT2D eigenvalue weighted by atomic mass is 9.88. The lowest BCUT2D eigenvalue weighted by Gasteiger charge is -2.18. The van der Waals surface area contributed by atoms with Crippen molar-refractivity contribution in [1.82, 2.24) is 0 Å². The van der Waals surface area contributed by atoms with Crippen LogP contribution in [-0.4, -0.2) is 38.7 Å². The van der Waals surface area contributed by atoms with Gasteiger partial charge in [-0.05, 0) is 55.0 Å². The Hall–Kier alpha value is -2.87. The molecule has 0 radical (unpaired) electrons. The molecule has 1 amide bonds. The van der Waals surface area contributed by atoms with E-state index in [-0.39, 0.29) is 12.5 Å². The van der Waals surface area contributed by atoms with Crippen LogP contribution < -0.4 is 10.1 Å². The van der Waals surface area contributed by atoms with Gasteiger partial charge in [0.25, 0.3) is 5.91 Å². The predicted octanol–water partition coefficient (Wildman–Crippen LogP) is 3.46. The maximum Gasteiger partial charge on any atom is 0.341 e. The zero-order valence-corrected chi connectivity index (χ0v) is 17.4. The standard InChI is InChI=1S/C21H23NO6S/c1-12-4-9-15-16(10-12)29-19(18(15)21(25)27-3)22-17(23)11-28-14-7-5-13(6-8-14)20(24)26-2/h5-8,12H,4,9-11H2,1-3H3,(H,22,23). The second-order valence-electron chi connectivity index (χ2n) is 6.90. The fraction of sp³-hybridized carbons (Fsp3) is 0.381. The molecule has 1 unspecified atom stereocenters. The number of rotatable bonds is 6. The number of methoxy groups -OCH3 is 2. The van der Waals surface area contributed by atoms with Crippen molar-refractivity contribution in [3.8, 4) is 5.75 Å². The van der Waals surface area contributed by atoms with Gasteiger partial charge in [-0.2, -0.15) is 0 Å². The minimum Gasteiger partial charge on any atom is -0.484 e. The normalized spacial score (nSPS) is 15.2. The van der Waals surface area contributed by atoms with Gasteiger partial charge in [-0.15, -0.1) is 11.3 Å². The summed E-state index contributed by atoms with van der Waals surface area (Å²) in [6, 6.07) is 6.29. The number of thiophene rings is 1. The molecule has 8 heteroatoms. The molecule has 1 atom stereocenters. The van der Waals surface area contributed by atoms with E-state index in [2.05, 4.69) is 17.0 Å². The summed E-state index contributed by atoms with van der Waals surface area (Å²) in [5.74, 6) is -0.266. The summed E-state index contributed by atoms with van der Waals surface area (Å²) in [4.78, 5) is 37.2. The van der Waals surface area contributed by atoms with Gasteiger partial charge in [0.1, 0.15) is 10.8 Å². The summed E-state index contributed by atoms with van der Waals surface area (Å²) >= 11 is 1.43. The lowest BCUT2D eigenvalue weighted by molar-refractivity contribution is -0.118. The number of anilines is 1. The van der Waals surface area contributed by atoms with Crippen LogP contribution in [0.15, 0.2) is 24.3 Å². The molecular weight excluding hydrogens is 394 g/mol. The highest BCUT2D eigenvalue weighted by Crippen LogP contribution is 2.40. The molecule has 1 aliphatic carbocycles. The summed E-state index contributed by atoms with van der Waals surface area (Å²) in [5.41, 5.74) is 1.83. The first-order valence-electron chi connectivity index (χ1n) is 9.26. The van der Waals surface area contributed by atoms with Crippen molar-refractivity contribution in [1.29, 1.82) is 0 Å². The molecule has 0 aliphatic heterocycles. The SMILES string of the molecule is COC(=O)c1ccc(OCC(=O)Nc2sc3c(c2C(=O)OC)CCC(C)C3)cc1. The maximum atomic E-state index is 12.4. The van der Waals surface area contributed by atoms with Crippen LogP contribution >= 0.6 is 11.3 Å². The Balaban J connectivity index is 1.67. The van der Waals surface area contributed by atoms with E-state index in [1.54, 1.807) is 24.3 Å². The summed E-state index contributed by atoms with van der Waals surface area (Å²) in [6.07, 6.45) is 2.70. The number of amides is 1. The molecule has 29 heavy (non-hydrogen) atoms. The van der Waals surface area contributed by atoms with Crippen LogP contribution in [0.1, 0.15) is 44.5 Å². The fourth-order valence-electron chi connectivity index (χ4n) is 3.27. The van der Waals surface area contributed by atoms with Crippen molar-refractivity contribution in [2.24, 2.45) is 5.92 Å². The first-order valence-corrected chi connectivity index (χ1v) is 10.1. The summed E-state index contributed by atoms with van der Waals surface area (Å²) in [5, 5.41) is 3.29. The molecule has 0 spiro atoms. The number of carbonyl (C=O) groups excluding carboxylic acids is 3. The third kappa shape index (κ3) is 4.76. The third-order valence-corrected chi connectivity index (χ3v) is 5.97. The molecule has 154 valence electrons. The van der Waals surface area contributed by atoms with E-state index in [0.29, 0.717) is 27.8 Å². The largest absolute Gasteiger partial charge is 0.484 e. The molecule has 2 aromatic rings. The van der Waals surface area contributed by atoms with Crippen molar-refractivity contribution in [3.63, 3.8) is 0 Å². The summed E-state index contributed by atoms with van der Waals surface area (Å²) in [6.45, 7) is 1.95. The Morgan fingerprint density at radius 3 is 2.45 bits per heavy atom. The first-order chi connectivity index (χ1) is 13.9. The minimum absolute atomic E-state index is 0.225. The number of carbonyl (C=O) groups is 3. The van der Waals surface area contributed by atoms with Crippen LogP contribution in [0, 0.1) is 5.92 Å². The van der Waals surface area contributed by atoms with Gasteiger partial charge in [0.2, 0.25) is 0 Å². The van der Waals surface area contributed by atoms with Gasteiger partial charge in [-0.1, -0.05) is 6.92 Å². The molecule has 0 bridgehead atoms. The van der Waals surface area contributed by atoms with Crippen molar-refractivity contribution < 1.29 is 28.6 Å². The monoisotopic (exact) mass is 417 g/mol. The van der Waals surface area contributed by atoms with Crippen molar-refractivity contribution in [2.45, 2.75) is 26.2 Å². The second kappa shape index (κ2) is 9.09. The molecule has 1 aromatic heterocycles. The van der Waals surface area contributed by atoms with Crippen LogP contribution in [0.3, 0.4) is 0 Å². The average Bonchev–Trinajstić information content (AvgIpc) is 3.08. The first kappa shape index (κ1) is 20.9. The van der Waals surface area contributed by atoms with Crippen LogP contribution in [0.2, 0.25) is 0 Å². The molecule has 7 nitrogen and oxygen atoms in total. The van der Waals surface area contributed by atoms with E-state index in [1.807, 2.05) is 0 Å². The summed E-state index contributed by atoms with van der Waals surface area (Å²) in [7, 11) is 2.65. The Morgan fingerprint density at radius 2 is 1.79 bits per heavy atom. The van der Waals surface area contributed by atoms with E-state index in [1.165, 1.54) is 25.6 Å². The Bertz CT molecular complexity index is 918. The molecule has 0 saturated carbocycles. The van der Waals surface area contributed by atoms with Crippen molar-refractivity contribution >= 4 is 34.2 Å². The Kier molecular flexibility index (Phi) is 6.53. The molecule has 1 heterocycles. The van der Waals surface area contributed by atoms with E-state index >= 15 is 0 Å². The Labute approximate surface area is 173 Å². The zero-order chi connectivity index (χ0) is 21.0. The van der Waals surface area contributed by atoms with E-state index < -0.39 is 11.9 Å². The number of hydrogen-bond donors (Lipinski definition) is 1. The number of benzene rings is 1. The lowest BCUT2D eigenvalue weighted by Crippen LogP contribution is -2.21. The van der Waals surface area contributed by atoms with Gasteiger partial charge in [-0.25, -0.2) is 9.59 Å². The van der Waals surface area contributed by atoms with Crippen molar-refractivity contribution in [3.05, 3.63) is 45.8 Å². The number of fused-ring (bicyclic) bond motifs is 1. The predicted molar refractivity (Wildman–Crippen MR) is 109 cm³/mol.